The fraction of sp³-hybridized carbons (Fsp3) is 0.278. The number of ether oxygens (including phenoxy) is 2. The molecule has 0 spiro atoms. The fourth-order valence-corrected chi connectivity index (χ4v) is 2.86. The molecule has 1 N–H and O–H groups in total. The van der Waals surface area contributed by atoms with E-state index in [0.29, 0.717) is 28.5 Å². The molecule has 2 rings (SSSR count). The van der Waals surface area contributed by atoms with Gasteiger partial charge in [-0.2, -0.15) is 13.2 Å². The Morgan fingerprint density at radius 2 is 1.78 bits per heavy atom. The van der Waals surface area contributed by atoms with Gasteiger partial charge in [-0.15, -0.1) is 0 Å². The van der Waals surface area contributed by atoms with Crippen molar-refractivity contribution >= 4 is 34.8 Å². The Morgan fingerprint density at radius 3 is 2.37 bits per heavy atom. The number of benzene rings is 2. The van der Waals surface area contributed by atoms with Gasteiger partial charge in [-0.05, 0) is 42.3 Å². The number of amides is 1. The smallest absolute Gasteiger partial charge is 0.416 e. The summed E-state index contributed by atoms with van der Waals surface area (Å²) in [6, 6.07) is 6.05. The van der Waals surface area contributed by atoms with Crippen molar-refractivity contribution in [3.8, 4) is 11.5 Å². The molecule has 4 nitrogen and oxygen atoms in total. The summed E-state index contributed by atoms with van der Waals surface area (Å²) in [5.41, 5.74) is -0.279. The van der Waals surface area contributed by atoms with E-state index in [-0.39, 0.29) is 17.1 Å². The average molecular weight is 422 g/mol. The van der Waals surface area contributed by atoms with E-state index in [2.05, 4.69) is 5.32 Å². The molecule has 0 atom stereocenters. The molecule has 0 fully saturated rings. The zero-order chi connectivity index (χ0) is 20.2. The summed E-state index contributed by atoms with van der Waals surface area (Å²) in [7, 11) is 2.91. The lowest BCUT2D eigenvalue weighted by molar-refractivity contribution is -0.137. The largest absolute Gasteiger partial charge is 0.493 e. The van der Waals surface area contributed by atoms with Crippen LogP contribution in [0.4, 0.5) is 18.9 Å². The van der Waals surface area contributed by atoms with Gasteiger partial charge in [0.25, 0.3) is 0 Å². The molecule has 0 bridgehead atoms. The van der Waals surface area contributed by atoms with Crippen molar-refractivity contribution in [2.45, 2.75) is 19.0 Å². The minimum Gasteiger partial charge on any atom is -0.493 e. The van der Waals surface area contributed by atoms with Gasteiger partial charge in [0.05, 0.1) is 35.5 Å². The number of alkyl halides is 3. The summed E-state index contributed by atoms with van der Waals surface area (Å²) >= 11 is 12.0. The van der Waals surface area contributed by atoms with Crippen molar-refractivity contribution < 1.29 is 27.4 Å². The molecule has 0 saturated carbocycles. The maximum Gasteiger partial charge on any atom is 0.416 e. The molecule has 27 heavy (non-hydrogen) atoms. The number of aryl methyl sites for hydroxylation is 1. The normalized spacial score (nSPS) is 11.2. The van der Waals surface area contributed by atoms with E-state index in [1.54, 1.807) is 12.1 Å². The van der Waals surface area contributed by atoms with Crippen LogP contribution < -0.4 is 14.8 Å². The van der Waals surface area contributed by atoms with Gasteiger partial charge >= 0.3 is 6.18 Å². The van der Waals surface area contributed by atoms with Gasteiger partial charge in [0.1, 0.15) is 0 Å². The standard InChI is InChI=1S/C18H16Cl2F3NO3/c1-26-15-8-10(7-13(20)17(15)27-2)3-6-16(25)24-14-9-11(18(21,22)23)4-5-12(14)19/h4-5,7-9H,3,6H2,1-2H3,(H,24,25). The fourth-order valence-electron chi connectivity index (χ4n) is 2.38. The molecule has 2 aromatic rings. The van der Waals surface area contributed by atoms with Crippen molar-refractivity contribution in [2.24, 2.45) is 0 Å². The Kier molecular flexibility index (Phi) is 6.84. The van der Waals surface area contributed by atoms with E-state index < -0.39 is 17.6 Å². The summed E-state index contributed by atoms with van der Waals surface area (Å²) in [6.45, 7) is 0. The highest BCUT2D eigenvalue weighted by molar-refractivity contribution is 6.33. The first kappa shape index (κ1) is 21.2. The third-order valence-electron chi connectivity index (χ3n) is 3.70. The molecule has 0 aromatic heterocycles. The second-order valence-electron chi connectivity index (χ2n) is 5.55. The van der Waals surface area contributed by atoms with Crippen LogP contribution in [0.25, 0.3) is 0 Å². The number of halogens is 5. The molecule has 1 amide bonds. The first-order valence-corrected chi connectivity index (χ1v) is 8.48. The monoisotopic (exact) mass is 421 g/mol. The first-order chi connectivity index (χ1) is 12.7. The maximum absolute atomic E-state index is 12.8. The lowest BCUT2D eigenvalue weighted by Gasteiger charge is -2.13. The second-order valence-corrected chi connectivity index (χ2v) is 6.37. The summed E-state index contributed by atoms with van der Waals surface area (Å²) in [5, 5.41) is 2.74. The summed E-state index contributed by atoms with van der Waals surface area (Å²) in [4.78, 5) is 12.1. The van der Waals surface area contributed by atoms with E-state index in [1.165, 1.54) is 14.2 Å². The van der Waals surface area contributed by atoms with E-state index >= 15 is 0 Å². The third-order valence-corrected chi connectivity index (χ3v) is 4.31. The zero-order valence-corrected chi connectivity index (χ0v) is 15.9. The van der Waals surface area contributed by atoms with Crippen LogP contribution in [0.1, 0.15) is 17.5 Å². The quantitative estimate of drug-likeness (QED) is 0.659. The van der Waals surface area contributed by atoms with Crippen molar-refractivity contribution in [3.05, 3.63) is 51.5 Å². The Balaban J connectivity index is 2.08. The van der Waals surface area contributed by atoms with Gasteiger partial charge in [0.15, 0.2) is 11.5 Å². The molecule has 0 heterocycles. The highest BCUT2D eigenvalue weighted by atomic mass is 35.5. The number of carbonyl (C=O) groups excluding carboxylic acids is 1. The third kappa shape index (κ3) is 5.43. The van der Waals surface area contributed by atoms with Gasteiger partial charge in [-0.3, -0.25) is 4.79 Å². The van der Waals surface area contributed by atoms with Crippen LogP contribution in [0.3, 0.4) is 0 Å². The maximum atomic E-state index is 12.8. The Morgan fingerprint density at radius 1 is 1.07 bits per heavy atom. The highest BCUT2D eigenvalue weighted by Crippen LogP contribution is 2.36. The molecule has 2 aromatic carbocycles. The van der Waals surface area contributed by atoms with Crippen LogP contribution in [0.15, 0.2) is 30.3 Å². The number of hydrogen-bond donors (Lipinski definition) is 1. The molecule has 0 aliphatic heterocycles. The molecule has 0 aliphatic rings. The van der Waals surface area contributed by atoms with Gasteiger partial charge in [0, 0.05) is 6.42 Å². The number of rotatable bonds is 6. The Bertz CT molecular complexity index is 841. The average Bonchev–Trinajstić information content (AvgIpc) is 2.60. The second kappa shape index (κ2) is 8.71. The van der Waals surface area contributed by atoms with Crippen molar-refractivity contribution in [1.29, 1.82) is 0 Å². The van der Waals surface area contributed by atoms with Crippen LogP contribution in [-0.4, -0.2) is 20.1 Å². The number of hydrogen-bond acceptors (Lipinski definition) is 3. The topological polar surface area (TPSA) is 47.6 Å². The summed E-state index contributed by atoms with van der Waals surface area (Å²) in [5.74, 6) is 0.312. The molecular formula is C18H16Cl2F3NO3. The van der Waals surface area contributed by atoms with E-state index in [4.69, 9.17) is 32.7 Å². The van der Waals surface area contributed by atoms with Crippen LogP contribution in [0.2, 0.25) is 10.0 Å². The predicted octanol–water partition coefficient (Wildman–Crippen LogP) is 5.60. The first-order valence-electron chi connectivity index (χ1n) is 7.72. The lowest BCUT2D eigenvalue weighted by atomic mass is 10.1. The van der Waals surface area contributed by atoms with E-state index in [9.17, 15) is 18.0 Å². The molecule has 146 valence electrons. The van der Waals surface area contributed by atoms with E-state index in [0.717, 1.165) is 18.2 Å². The summed E-state index contributed by atoms with van der Waals surface area (Å²) < 4.78 is 48.7. The molecule has 0 aliphatic carbocycles. The van der Waals surface area contributed by atoms with Crippen LogP contribution in [0, 0.1) is 0 Å². The number of carbonyl (C=O) groups is 1. The Hall–Kier alpha value is -2.12. The van der Waals surface area contributed by atoms with Crippen molar-refractivity contribution in [3.63, 3.8) is 0 Å². The van der Waals surface area contributed by atoms with Crippen LogP contribution >= 0.6 is 23.2 Å². The van der Waals surface area contributed by atoms with Crippen molar-refractivity contribution in [1.82, 2.24) is 0 Å². The molecule has 0 saturated heterocycles. The SMILES string of the molecule is COc1cc(CCC(=O)Nc2cc(C(F)(F)F)ccc2Cl)cc(Cl)c1OC. The van der Waals surface area contributed by atoms with Crippen molar-refractivity contribution in [2.75, 3.05) is 19.5 Å². The Labute approximate surface area is 164 Å². The van der Waals surface area contributed by atoms with Crippen LogP contribution in [-0.2, 0) is 17.4 Å². The van der Waals surface area contributed by atoms with Gasteiger partial charge in [-0.25, -0.2) is 0 Å². The number of anilines is 1. The minimum atomic E-state index is -4.53. The predicted molar refractivity (Wildman–Crippen MR) is 98.0 cm³/mol. The highest BCUT2D eigenvalue weighted by Gasteiger charge is 2.31. The van der Waals surface area contributed by atoms with Crippen LogP contribution in [0.5, 0.6) is 11.5 Å². The van der Waals surface area contributed by atoms with Gasteiger partial charge in [0.2, 0.25) is 5.91 Å². The van der Waals surface area contributed by atoms with Gasteiger partial charge in [-0.1, -0.05) is 23.2 Å². The van der Waals surface area contributed by atoms with E-state index in [1.807, 2.05) is 0 Å². The van der Waals surface area contributed by atoms with Gasteiger partial charge < -0.3 is 14.8 Å². The number of methoxy groups -OCH3 is 2. The molecular weight excluding hydrogens is 406 g/mol. The lowest BCUT2D eigenvalue weighted by Crippen LogP contribution is -2.14. The molecule has 0 unspecified atom stereocenters. The molecule has 0 radical (unpaired) electrons. The molecule has 9 heteroatoms. The minimum absolute atomic E-state index is 0.0123. The zero-order valence-electron chi connectivity index (χ0n) is 14.4. The summed E-state index contributed by atoms with van der Waals surface area (Å²) in [6.07, 6.45) is -4.22. The number of nitrogens with one attached hydrogen (secondary N) is 1.